The number of amides is 1. The second-order valence-corrected chi connectivity index (χ2v) is 5.00. The molecule has 1 aromatic carbocycles. The van der Waals surface area contributed by atoms with E-state index in [2.05, 4.69) is 10.6 Å². The Kier molecular flexibility index (Phi) is 4.98. The number of rotatable bonds is 7. The molecule has 0 radical (unpaired) electrons. The minimum Gasteiger partial charge on any atom is -0.491 e. The summed E-state index contributed by atoms with van der Waals surface area (Å²) in [6.45, 7) is 7.78. The van der Waals surface area contributed by atoms with E-state index in [9.17, 15) is 4.79 Å². The summed E-state index contributed by atoms with van der Waals surface area (Å²) < 4.78 is 11.0. The summed E-state index contributed by atoms with van der Waals surface area (Å²) in [4.78, 5) is 11.8. The van der Waals surface area contributed by atoms with Crippen molar-refractivity contribution in [2.24, 2.45) is 0 Å². The topological polar surface area (TPSA) is 59.6 Å². The summed E-state index contributed by atoms with van der Waals surface area (Å²) in [6, 6.07) is 5.42. The lowest BCUT2D eigenvalue weighted by molar-refractivity contribution is -0.117. The molecule has 0 aromatic heterocycles. The predicted molar refractivity (Wildman–Crippen MR) is 78.1 cm³/mol. The van der Waals surface area contributed by atoms with Crippen LogP contribution in [0.2, 0.25) is 0 Å². The largest absolute Gasteiger partial charge is 0.491 e. The molecule has 1 unspecified atom stereocenters. The Morgan fingerprint density at radius 3 is 2.85 bits per heavy atom. The zero-order chi connectivity index (χ0) is 14.5. The molecule has 2 rings (SSSR count). The first-order valence-electron chi connectivity index (χ1n) is 7.04. The summed E-state index contributed by atoms with van der Waals surface area (Å²) in [6.07, 6.45) is 0.207. The third-order valence-electron chi connectivity index (χ3n) is 3.07. The first-order valence-corrected chi connectivity index (χ1v) is 7.04. The van der Waals surface area contributed by atoms with E-state index in [1.807, 2.05) is 39.0 Å². The van der Waals surface area contributed by atoms with E-state index in [0.717, 1.165) is 23.5 Å². The van der Waals surface area contributed by atoms with E-state index >= 15 is 0 Å². The van der Waals surface area contributed by atoms with Crippen LogP contribution in [0, 0.1) is 0 Å². The van der Waals surface area contributed by atoms with Gasteiger partial charge in [-0.1, -0.05) is 13.0 Å². The number of hydrogen-bond acceptors (Lipinski definition) is 4. The van der Waals surface area contributed by atoms with E-state index in [1.165, 1.54) is 0 Å². The van der Waals surface area contributed by atoms with Crippen LogP contribution in [0.25, 0.3) is 0 Å². The number of carbonyl (C=O) groups excluding carboxylic acids is 1. The van der Waals surface area contributed by atoms with Crippen molar-refractivity contribution in [1.29, 1.82) is 0 Å². The molecule has 0 saturated carbocycles. The first-order chi connectivity index (χ1) is 9.61. The van der Waals surface area contributed by atoms with Crippen molar-refractivity contribution in [2.45, 2.75) is 32.9 Å². The number of likely N-dealkylation sites (N-methyl/N-ethyl adjacent to an activating group) is 1. The van der Waals surface area contributed by atoms with Crippen LogP contribution in [0.15, 0.2) is 18.2 Å². The van der Waals surface area contributed by atoms with E-state index in [-0.39, 0.29) is 18.1 Å². The van der Waals surface area contributed by atoms with Gasteiger partial charge in [0.05, 0.1) is 12.7 Å². The molecule has 0 aliphatic carbocycles. The molecule has 1 aromatic rings. The van der Waals surface area contributed by atoms with E-state index in [4.69, 9.17) is 9.47 Å². The standard InChI is InChI=1S/C15H22N2O3/c1-4-16-14-12-6-5-11(9-13(12)17-15(14)18)20-8-7-19-10(2)3/h5-6,9-10,14,16H,4,7-8H2,1-3H3,(H,17,18). The average molecular weight is 278 g/mol. The Labute approximate surface area is 119 Å². The minimum absolute atomic E-state index is 0.0119. The number of anilines is 1. The number of hydrogen-bond donors (Lipinski definition) is 2. The smallest absolute Gasteiger partial charge is 0.246 e. The fourth-order valence-electron chi connectivity index (χ4n) is 2.18. The number of carbonyl (C=O) groups is 1. The molecule has 1 atom stereocenters. The highest BCUT2D eigenvalue weighted by molar-refractivity contribution is 6.02. The van der Waals surface area contributed by atoms with Crippen molar-refractivity contribution in [3.05, 3.63) is 23.8 Å². The molecule has 0 bridgehead atoms. The van der Waals surface area contributed by atoms with Crippen molar-refractivity contribution in [1.82, 2.24) is 5.32 Å². The zero-order valence-corrected chi connectivity index (χ0v) is 12.2. The molecular formula is C15H22N2O3. The van der Waals surface area contributed by atoms with Gasteiger partial charge in [0.25, 0.3) is 0 Å². The van der Waals surface area contributed by atoms with Gasteiger partial charge in [0.15, 0.2) is 0 Å². The van der Waals surface area contributed by atoms with Gasteiger partial charge < -0.3 is 20.1 Å². The predicted octanol–water partition coefficient (Wildman–Crippen LogP) is 2.09. The molecule has 1 heterocycles. The summed E-state index contributed by atoms with van der Waals surface area (Å²) in [5.74, 6) is 0.732. The van der Waals surface area contributed by atoms with Crippen LogP contribution in [0.4, 0.5) is 5.69 Å². The van der Waals surface area contributed by atoms with Crippen LogP contribution in [0.1, 0.15) is 32.4 Å². The van der Waals surface area contributed by atoms with Gasteiger partial charge in [0.1, 0.15) is 18.4 Å². The highest BCUT2D eigenvalue weighted by atomic mass is 16.5. The fraction of sp³-hybridized carbons (Fsp3) is 0.533. The Hall–Kier alpha value is -1.59. The number of nitrogens with one attached hydrogen (secondary N) is 2. The highest BCUT2D eigenvalue weighted by Crippen LogP contribution is 2.33. The maximum Gasteiger partial charge on any atom is 0.246 e. The van der Waals surface area contributed by atoms with Gasteiger partial charge in [-0.25, -0.2) is 0 Å². The molecule has 1 amide bonds. The van der Waals surface area contributed by atoms with Gasteiger partial charge in [-0.2, -0.15) is 0 Å². The molecule has 5 nitrogen and oxygen atoms in total. The molecule has 1 aliphatic heterocycles. The third kappa shape index (κ3) is 3.49. The maximum atomic E-state index is 11.8. The summed E-state index contributed by atoms with van der Waals surface area (Å²) in [5, 5.41) is 6.03. The Morgan fingerprint density at radius 2 is 2.15 bits per heavy atom. The molecular weight excluding hydrogens is 256 g/mol. The molecule has 0 saturated heterocycles. The molecule has 0 fully saturated rings. The van der Waals surface area contributed by atoms with Gasteiger partial charge in [-0.15, -0.1) is 0 Å². The number of fused-ring (bicyclic) bond motifs is 1. The van der Waals surface area contributed by atoms with Gasteiger partial charge in [-0.3, -0.25) is 4.79 Å². The Morgan fingerprint density at radius 1 is 1.35 bits per heavy atom. The van der Waals surface area contributed by atoms with Crippen LogP contribution in [-0.4, -0.2) is 31.8 Å². The lowest BCUT2D eigenvalue weighted by atomic mass is 10.1. The molecule has 1 aliphatic rings. The number of benzene rings is 1. The van der Waals surface area contributed by atoms with Crippen LogP contribution >= 0.6 is 0 Å². The lowest BCUT2D eigenvalue weighted by Gasteiger charge is -2.11. The third-order valence-corrected chi connectivity index (χ3v) is 3.07. The second-order valence-electron chi connectivity index (χ2n) is 5.00. The van der Waals surface area contributed by atoms with Gasteiger partial charge >= 0.3 is 0 Å². The van der Waals surface area contributed by atoms with Gasteiger partial charge in [-0.05, 0) is 26.5 Å². The molecule has 2 N–H and O–H groups in total. The summed E-state index contributed by atoms with van der Waals surface area (Å²) in [5.41, 5.74) is 1.80. The fourth-order valence-corrected chi connectivity index (χ4v) is 2.18. The molecule has 0 spiro atoms. The van der Waals surface area contributed by atoms with Crippen molar-refractivity contribution in [3.63, 3.8) is 0 Å². The molecule has 20 heavy (non-hydrogen) atoms. The first kappa shape index (κ1) is 14.8. The summed E-state index contributed by atoms with van der Waals surface area (Å²) >= 11 is 0. The highest BCUT2D eigenvalue weighted by Gasteiger charge is 2.29. The Balaban J connectivity index is 1.96. The van der Waals surface area contributed by atoms with Crippen molar-refractivity contribution in [2.75, 3.05) is 25.1 Å². The molecule has 110 valence electrons. The zero-order valence-electron chi connectivity index (χ0n) is 12.2. The number of ether oxygens (including phenoxy) is 2. The van der Waals surface area contributed by atoms with Crippen molar-refractivity contribution >= 4 is 11.6 Å². The molecule has 5 heteroatoms. The van der Waals surface area contributed by atoms with E-state index in [0.29, 0.717) is 13.2 Å². The Bertz CT molecular complexity index is 474. The van der Waals surface area contributed by atoms with Gasteiger partial charge in [0, 0.05) is 17.3 Å². The van der Waals surface area contributed by atoms with Crippen LogP contribution in [0.3, 0.4) is 0 Å². The van der Waals surface area contributed by atoms with E-state index < -0.39 is 0 Å². The minimum atomic E-state index is -0.256. The quantitative estimate of drug-likeness (QED) is 0.750. The maximum absolute atomic E-state index is 11.8. The second kappa shape index (κ2) is 6.72. The normalized spacial score (nSPS) is 17.2. The van der Waals surface area contributed by atoms with E-state index in [1.54, 1.807) is 0 Å². The van der Waals surface area contributed by atoms with Crippen LogP contribution in [-0.2, 0) is 9.53 Å². The average Bonchev–Trinajstić information content (AvgIpc) is 2.71. The summed E-state index contributed by atoms with van der Waals surface area (Å²) in [7, 11) is 0. The monoisotopic (exact) mass is 278 g/mol. The lowest BCUT2D eigenvalue weighted by Crippen LogP contribution is -2.27. The van der Waals surface area contributed by atoms with Crippen molar-refractivity contribution in [3.8, 4) is 5.75 Å². The van der Waals surface area contributed by atoms with Crippen LogP contribution < -0.4 is 15.4 Å². The van der Waals surface area contributed by atoms with Crippen LogP contribution in [0.5, 0.6) is 5.75 Å². The SMILES string of the molecule is CCNC1C(=O)Nc2cc(OCCOC(C)C)ccc21. The van der Waals surface area contributed by atoms with Gasteiger partial charge in [0.2, 0.25) is 5.91 Å². The van der Waals surface area contributed by atoms with Crippen molar-refractivity contribution < 1.29 is 14.3 Å².